The molecule has 0 amide bonds. The molecule has 100 valence electrons. The molecule has 0 aliphatic rings. The lowest BCUT2D eigenvalue weighted by Gasteiger charge is -2.00. The molecule has 19 heavy (non-hydrogen) atoms. The Morgan fingerprint density at radius 2 is 2.26 bits per heavy atom. The number of nitrogens with zero attached hydrogens (tertiary/aromatic N) is 1. The molecule has 0 fully saturated rings. The van der Waals surface area contributed by atoms with Gasteiger partial charge in [-0.25, -0.2) is 9.37 Å². The lowest BCUT2D eigenvalue weighted by atomic mass is 10.1. The van der Waals surface area contributed by atoms with Crippen LogP contribution in [-0.2, 0) is 16.0 Å². The van der Waals surface area contributed by atoms with Crippen LogP contribution in [0.5, 0.6) is 0 Å². The van der Waals surface area contributed by atoms with E-state index >= 15 is 0 Å². The smallest absolute Gasteiger partial charge is 0.311 e. The number of esters is 1. The van der Waals surface area contributed by atoms with Gasteiger partial charge in [-0.2, -0.15) is 0 Å². The summed E-state index contributed by atoms with van der Waals surface area (Å²) in [7, 11) is 0. The first-order valence-electron chi connectivity index (χ1n) is 5.96. The maximum atomic E-state index is 13.5. The molecular formula is C14H14FNO2S. The molecule has 0 unspecified atom stereocenters. The number of hydrogen-bond donors (Lipinski definition) is 0. The molecule has 0 saturated carbocycles. The third kappa shape index (κ3) is 3.38. The van der Waals surface area contributed by atoms with Gasteiger partial charge in [0.05, 0.1) is 18.7 Å². The Kier molecular flexibility index (Phi) is 4.27. The van der Waals surface area contributed by atoms with Crippen molar-refractivity contribution in [1.29, 1.82) is 0 Å². The van der Waals surface area contributed by atoms with Crippen LogP contribution in [0.4, 0.5) is 4.39 Å². The zero-order valence-electron chi connectivity index (χ0n) is 10.8. The molecule has 2 rings (SSSR count). The van der Waals surface area contributed by atoms with Gasteiger partial charge in [-0.3, -0.25) is 4.79 Å². The van der Waals surface area contributed by atoms with Gasteiger partial charge in [0.25, 0.3) is 0 Å². The topological polar surface area (TPSA) is 39.2 Å². The normalized spacial score (nSPS) is 10.5. The van der Waals surface area contributed by atoms with Gasteiger partial charge < -0.3 is 4.74 Å². The van der Waals surface area contributed by atoms with E-state index in [4.69, 9.17) is 4.74 Å². The Labute approximate surface area is 115 Å². The Balaban J connectivity index is 2.16. The zero-order chi connectivity index (χ0) is 13.8. The summed E-state index contributed by atoms with van der Waals surface area (Å²) in [5.74, 6) is -0.547. The molecule has 0 aliphatic heterocycles. The van der Waals surface area contributed by atoms with Crippen LogP contribution in [0.3, 0.4) is 0 Å². The van der Waals surface area contributed by atoms with E-state index in [9.17, 15) is 9.18 Å². The van der Waals surface area contributed by atoms with E-state index in [0.717, 1.165) is 5.56 Å². The fourth-order valence-electron chi connectivity index (χ4n) is 1.61. The molecule has 0 N–H and O–H groups in total. The maximum Gasteiger partial charge on any atom is 0.311 e. The van der Waals surface area contributed by atoms with Crippen LogP contribution in [0.2, 0.25) is 0 Å². The van der Waals surface area contributed by atoms with Crippen molar-refractivity contribution in [2.24, 2.45) is 0 Å². The number of ether oxygens (including phenoxy) is 1. The SMILES string of the molecule is CCOC(=O)Cc1csc(-c2ccc(C)c(F)c2)n1. The molecule has 0 bridgehead atoms. The molecule has 0 saturated heterocycles. The van der Waals surface area contributed by atoms with E-state index < -0.39 is 0 Å². The van der Waals surface area contributed by atoms with Crippen molar-refractivity contribution in [3.63, 3.8) is 0 Å². The Morgan fingerprint density at radius 1 is 1.47 bits per heavy atom. The molecule has 1 aromatic carbocycles. The summed E-state index contributed by atoms with van der Waals surface area (Å²) in [6, 6.07) is 5.00. The number of hydrogen-bond acceptors (Lipinski definition) is 4. The summed E-state index contributed by atoms with van der Waals surface area (Å²) in [5.41, 5.74) is 1.98. The van der Waals surface area contributed by atoms with Gasteiger partial charge in [-0.1, -0.05) is 12.1 Å². The summed E-state index contributed by atoms with van der Waals surface area (Å²) in [5, 5.41) is 2.50. The van der Waals surface area contributed by atoms with Crippen molar-refractivity contribution in [2.75, 3.05) is 6.61 Å². The van der Waals surface area contributed by atoms with Crippen molar-refractivity contribution < 1.29 is 13.9 Å². The summed E-state index contributed by atoms with van der Waals surface area (Å²) in [6.07, 6.45) is 0.151. The predicted molar refractivity (Wildman–Crippen MR) is 72.6 cm³/mol. The highest BCUT2D eigenvalue weighted by Gasteiger charge is 2.10. The van der Waals surface area contributed by atoms with Crippen molar-refractivity contribution in [3.8, 4) is 10.6 Å². The molecule has 0 radical (unpaired) electrons. The Hall–Kier alpha value is -1.75. The molecule has 3 nitrogen and oxygen atoms in total. The second-order valence-electron chi connectivity index (χ2n) is 4.09. The second-order valence-corrected chi connectivity index (χ2v) is 4.95. The van der Waals surface area contributed by atoms with Gasteiger partial charge in [0.1, 0.15) is 10.8 Å². The third-order valence-electron chi connectivity index (χ3n) is 2.60. The molecule has 0 atom stereocenters. The molecule has 5 heteroatoms. The fraction of sp³-hybridized carbons (Fsp3) is 0.286. The van der Waals surface area contributed by atoms with Gasteiger partial charge in [-0.05, 0) is 25.5 Å². The number of aromatic nitrogens is 1. The average molecular weight is 279 g/mol. The van der Waals surface area contributed by atoms with E-state index in [2.05, 4.69) is 4.98 Å². The minimum Gasteiger partial charge on any atom is -0.466 e. The summed E-state index contributed by atoms with van der Waals surface area (Å²) in [4.78, 5) is 15.7. The monoisotopic (exact) mass is 279 g/mol. The minimum absolute atomic E-state index is 0.151. The lowest BCUT2D eigenvalue weighted by Crippen LogP contribution is -2.07. The number of carbonyl (C=O) groups is 1. The highest BCUT2D eigenvalue weighted by atomic mass is 32.1. The average Bonchev–Trinajstić information content (AvgIpc) is 2.81. The molecule has 1 aromatic heterocycles. The highest BCUT2D eigenvalue weighted by Crippen LogP contribution is 2.25. The van der Waals surface area contributed by atoms with Gasteiger partial charge in [0.2, 0.25) is 0 Å². The van der Waals surface area contributed by atoms with E-state index in [-0.39, 0.29) is 18.2 Å². The van der Waals surface area contributed by atoms with E-state index in [1.807, 2.05) is 6.07 Å². The van der Waals surface area contributed by atoms with Crippen LogP contribution in [0.1, 0.15) is 18.2 Å². The molecule has 0 spiro atoms. The second kappa shape index (κ2) is 5.93. The van der Waals surface area contributed by atoms with Crippen molar-refractivity contribution in [3.05, 3.63) is 40.7 Å². The third-order valence-corrected chi connectivity index (χ3v) is 3.54. The number of aryl methyl sites for hydroxylation is 1. The quantitative estimate of drug-likeness (QED) is 0.806. The highest BCUT2D eigenvalue weighted by molar-refractivity contribution is 7.13. The summed E-state index contributed by atoms with van der Waals surface area (Å²) < 4.78 is 18.3. The predicted octanol–water partition coefficient (Wildman–Crippen LogP) is 3.36. The van der Waals surface area contributed by atoms with E-state index in [1.54, 1.807) is 25.3 Å². The van der Waals surface area contributed by atoms with Crippen LogP contribution in [0.25, 0.3) is 10.6 Å². The molecular weight excluding hydrogens is 265 g/mol. The van der Waals surface area contributed by atoms with Crippen LogP contribution in [-0.4, -0.2) is 17.6 Å². The van der Waals surface area contributed by atoms with Crippen molar-refractivity contribution in [2.45, 2.75) is 20.3 Å². The first-order chi connectivity index (χ1) is 9.10. The number of halogens is 1. The number of carbonyl (C=O) groups excluding carboxylic acids is 1. The fourth-order valence-corrected chi connectivity index (χ4v) is 2.42. The first-order valence-corrected chi connectivity index (χ1v) is 6.84. The van der Waals surface area contributed by atoms with Gasteiger partial charge in [0, 0.05) is 10.9 Å². The molecule has 0 aliphatic carbocycles. The van der Waals surface area contributed by atoms with Crippen LogP contribution in [0.15, 0.2) is 23.6 Å². The Morgan fingerprint density at radius 3 is 2.95 bits per heavy atom. The van der Waals surface area contributed by atoms with E-state index in [0.29, 0.717) is 22.9 Å². The standard InChI is InChI=1S/C14H14FNO2S/c1-3-18-13(17)7-11-8-19-14(16-11)10-5-4-9(2)12(15)6-10/h4-6,8H,3,7H2,1-2H3. The summed E-state index contributed by atoms with van der Waals surface area (Å²) in [6.45, 7) is 3.84. The van der Waals surface area contributed by atoms with Gasteiger partial charge in [0.15, 0.2) is 0 Å². The maximum absolute atomic E-state index is 13.5. The van der Waals surface area contributed by atoms with Crippen LogP contribution < -0.4 is 0 Å². The van der Waals surface area contributed by atoms with Crippen molar-refractivity contribution in [1.82, 2.24) is 4.98 Å². The minimum atomic E-state index is -0.297. The van der Waals surface area contributed by atoms with Crippen LogP contribution in [0, 0.1) is 12.7 Å². The Bertz CT molecular complexity index is 595. The number of thiazole rings is 1. The van der Waals surface area contributed by atoms with Crippen LogP contribution >= 0.6 is 11.3 Å². The van der Waals surface area contributed by atoms with Crippen molar-refractivity contribution >= 4 is 17.3 Å². The summed E-state index contributed by atoms with van der Waals surface area (Å²) >= 11 is 1.39. The first kappa shape index (κ1) is 13.7. The lowest BCUT2D eigenvalue weighted by molar-refractivity contribution is -0.142. The number of benzene rings is 1. The van der Waals surface area contributed by atoms with E-state index in [1.165, 1.54) is 17.4 Å². The molecule has 2 aromatic rings. The molecule has 1 heterocycles. The zero-order valence-corrected chi connectivity index (χ0v) is 11.6. The van der Waals surface area contributed by atoms with Gasteiger partial charge in [-0.15, -0.1) is 11.3 Å². The number of rotatable bonds is 4. The van der Waals surface area contributed by atoms with Gasteiger partial charge >= 0.3 is 5.97 Å². The largest absolute Gasteiger partial charge is 0.466 e.